The molecule has 6 aliphatic heterocycles. The maximum absolute atomic E-state index is 13.8. The molecule has 364 valence electrons. The van der Waals surface area contributed by atoms with Crippen LogP contribution in [0.5, 0.6) is 11.5 Å². The van der Waals surface area contributed by atoms with Crippen molar-refractivity contribution >= 4 is 46.5 Å². The molecule has 2 atom stereocenters. The van der Waals surface area contributed by atoms with E-state index in [0.717, 1.165) is 161 Å². The van der Waals surface area contributed by atoms with Gasteiger partial charge in [-0.05, 0) is 156 Å². The van der Waals surface area contributed by atoms with E-state index in [0.29, 0.717) is 28.9 Å². The van der Waals surface area contributed by atoms with Gasteiger partial charge in [0.05, 0.1) is 22.6 Å². The molecule has 3 N–H and O–H groups in total. The van der Waals surface area contributed by atoms with Gasteiger partial charge in [0.2, 0.25) is 11.8 Å². The molecule has 8 heterocycles. The summed E-state index contributed by atoms with van der Waals surface area (Å²) < 4.78 is 8.11. The molecule has 5 saturated heterocycles. The second-order valence-electron chi connectivity index (χ2n) is 20.1. The minimum absolute atomic E-state index is 0.100. The molecular formula is C53H61N11O6. The lowest BCUT2D eigenvalue weighted by atomic mass is 9.87. The summed E-state index contributed by atoms with van der Waals surface area (Å²) in [5, 5.41) is 8.21. The van der Waals surface area contributed by atoms with Gasteiger partial charge in [-0.1, -0.05) is 24.3 Å². The highest BCUT2D eigenvalue weighted by atomic mass is 16.5. The van der Waals surface area contributed by atoms with Gasteiger partial charge < -0.3 is 25.2 Å². The van der Waals surface area contributed by atoms with E-state index in [1.54, 1.807) is 6.07 Å². The molecule has 5 fully saturated rings. The van der Waals surface area contributed by atoms with Gasteiger partial charge in [0.1, 0.15) is 35.4 Å². The summed E-state index contributed by atoms with van der Waals surface area (Å²) in [6, 6.07) is 22.9. The van der Waals surface area contributed by atoms with Crippen molar-refractivity contribution in [2.24, 2.45) is 5.92 Å². The van der Waals surface area contributed by atoms with Gasteiger partial charge in [-0.2, -0.15) is 5.10 Å². The summed E-state index contributed by atoms with van der Waals surface area (Å²) in [5.74, 6) is 0.908. The van der Waals surface area contributed by atoms with Crippen LogP contribution in [-0.4, -0.2) is 145 Å². The molecule has 11 rings (SSSR count). The lowest BCUT2D eigenvalue weighted by Gasteiger charge is -2.43. The van der Waals surface area contributed by atoms with E-state index in [4.69, 9.17) is 20.6 Å². The Kier molecular flexibility index (Phi) is 12.8. The van der Waals surface area contributed by atoms with Gasteiger partial charge in [0.25, 0.3) is 11.8 Å². The van der Waals surface area contributed by atoms with E-state index in [1.807, 2.05) is 66.7 Å². The second-order valence-corrected chi connectivity index (χ2v) is 20.1. The lowest BCUT2D eigenvalue weighted by molar-refractivity contribution is -0.136. The van der Waals surface area contributed by atoms with Gasteiger partial charge in [-0.3, -0.25) is 34.3 Å². The molecule has 6 aliphatic rings. The van der Waals surface area contributed by atoms with E-state index in [1.165, 1.54) is 6.33 Å². The highest BCUT2D eigenvalue weighted by molar-refractivity contribution is 6.23. The Morgan fingerprint density at radius 1 is 0.729 bits per heavy atom. The third-order valence-electron chi connectivity index (χ3n) is 15.9. The van der Waals surface area contributed by atoms with Gasteiger partial charge in [-0.15, -0.1) is 0 Å². The molecule has 0 aliphatic carbocycles. The van der Waals surface area contributed by atoms with Crippen LogP contribution in [0, 0.1) is 5.92 Å². The SMILES string of the molecule is Nc1ncnc2c1c(-c1ccc(Oc3ccccc3)cc1)nn2[C@@H]1CCCN(C2CCN(C(=O)N3CCC(CCN4CCC(c5ccc6c(c5)C(=O)N(C5CCC(=O)NC5=O)C6=O)CC4)CC3)CC2)C1. The number of fused-ring (bicyclic) bond motifs is 2. The summed E-state index contributed by atoms with van der Waals surface area (Å²) in [7, 11) is 0. The quantitative estimate of drug-likeness (QED) is 0.145. The number of nitrogens with one attached hydrogen (secondary N) is 1. The summed E-state index contributed by atoms with van der Waals surface area (Å²) in [6.07, 6.45) is 10.8. The molecule has 0 radical (unpaired) electrons. The van der Waals surface area contributed by atoms with E-state index < -0.39 is 23.8 Å². The van der Waals surface area contributed by atoms with Crippen LogP contribution in [0.25, 0.3) is 22.3 Å². The number of carbonyl (C=O) groups is 5. The van der Waals surface area contributed by atoms with Crippen molar-refractivity contribution in [2.75, 3.05) is 64.6 Å². The number of nitrogens with two attached hydrogens (primary N) is 1. The molecule has 0 saturated carbocycles. The normalized spacial score (nSPS) is 22.5. The fraction of sp³-hybridized carbons (Fsp3) is 0.472. The molecule has 0 spiro atoms. The Labute approximate surface area is 407 Å². The van der Waals surface area contributed by atoms with Crippen molar-refractivity contribution in [3.63, 3.8) is 0 Å². The van der Waals surface area contributed by atoms with Gasteiger partial charge in [0, 0.05) is 50.7 Å². The molecular weight excluding hydrogens is 887 g/mol. The molecule has 5 aromatic rings. The Morgan fingerprint density at radius 2 is 1.44 bits per heavy atom. The topological polar surface area (TPSA) is 192 Å². The van der Waals surface area contributed by atoms with Crippen LogP contribution in [-0.2, 0) is 9.59 Å². The molecule has 70 heavy (non-hydrogen) atoms. The van der Waals surface area contributed by atoms with E-state index in [9.17, 15) is 24.0 Å². The highest BCUT2D eigenvalue weighted by Crippen LogP contribution is 2.37. The highest BCUT2D eigenvalue weighted by Gasteiger charge is 2.45. The van der Waals surface area contributed by atoms with Crippen LogP contribution >= 0.6 is 0 Å². The molecule has 17 heteroatoms. The number of amides is 6. The number of nitrogen functional groups attached to an aromatic ring is 1. The smallest absolute Gasteiger partial charge is 0.319 e. The Morgan fingerprint density at radius 3 is 2.19 bits per heavy atom. The average Bonchev–Trinajstić information content (AvgIpc) is 3.91. The zero-order chi connectivity index (χ0) is 47.9. The molecule has 17 nitrogen and oxygen atoms in total. The zero-order valence-corrected chi connectivity index (χ0v) is 39.6. The fourth-order valence-corrected chi connectivity index (χ4v) is 11.9. The van der Waals surface area contributed by atoms with Gasteiger partial charge in [-0.25, -0.2) is 19.4 Å². The minimum Gasteiger partial charge on any atom is -0.457 e. The van der Waals surface area contributed by atoms with Crippen LogP contribution in [0.2, 0.25) is 0 Å². The number of aromatic nitrogens is 4. The number of para-hydroxylation sites is 1. The van der Waals surface area contributed by atoms with Crippen LogP contribution in [0.1, 0.15) is 109 Å². The molecule has 2 aromatic heterocycles. The maximum atomic E-state index is 13.8. The number of nitrogens with zero attached hydrogens (tertiary/aromatic N) is 9. The minimum atomic E-state index is -0.961. The number of anilines is 1. The van der Waals surface area contributed by atoms with E-state index in [2.05, 4.69) is 34.6 Å². The number of urea groups is 1. The van der Waals surface area contributed by atoms with Crippen molar-refractivity contribution < 1.29 is 28.7 Å². The Hall–Kier alpha value is -6.72. The van der Waals surface area contributed by atoms with Crippen molar-refractivity contribution in [3.05, 3.63) is 95.8 Å². The number of hydrogen-bond acceptors (Lipinski definition) is 12. The monoisotopic (exact) mass is 947 g/mol. The van der Waals surface area contributed by atoms with Crippen molar-refractivity contribution in [1.82, 2.24) is 49.6 Å². The predicted molar refractivity (Wildman–Crippen MR) is 262 cm³/mol. The first-order valence-corrected chi connectivity index (χ1v) is 25.3. The van der Waals surface area contributed by atoms with Crippen LogP contribution < -0.4 is 15.8 Å². The number of piperidine rings is 5. The summed E-state index contributed by atoms with van der Waals surface area (Å²) in [5.41, 5.74) is 10.7. The average molecular weight is 948 g/mol. The second kappa shape index (κ2) is 19.6. The number of ether oxygens (including phenoxy) is 1. The fourth-order valence-electron chi connectivity index (χ4n) is 11.9. The van der Waals surface area contributed by atoms with Gasteiger partial charge in [0.15, 0.2) is 5.65 Å². The standard InChI is InChI=1S/C53H61N11O6/c54-48-46-47(36-8-11-41(12-9-36)70-40-6-2-1-3-7-40)58-64(49(46)56-33-55-48)39-5-4-23-62(32-39)38-21-29-61(30-22-38)53(69)60-27-17-34(18-28-60)16-24-59-25-19-35(20-26-59)37-10-13-42-43(31-37)52(68)63(51(42)67)44-14-15-45(65)57-50(44)66/h1-3,6-13,31,33-35,38-39,44H,4-5,14-30,32H2,(H2,54,55,56)(H,57,65,66)/t39-,44?/m1/s1. The number of imide groups is 2. The summed E-state index contributed by atoms with van der Waals surface area (Å²) in [4.78, 5) is 84.0. The third kappa shape index (κ3) is 9.12. The maximum Gasteiger partial charge on any atom is 0.319 e. The first-order chi connectivity index (χ1) is 34.1. The van der Waals surface area contributed by atoms with Crippen LogP contribution in [0.3, 0.4) is 0 Å². The lowest BCUT2D eigenvalue weighted by Crippen LogP contribution is -2.54. The molecule has 1 unspecified atom stereocenters. The zero-order valence-electron chi connectivity index (χ0n) is 39.6. The van der Waals surface area contributed by atoms with Crippen molar-refractivity contribution in [1.29, 1.82) is 0 Å². The van der Waals surface area contributed by atoms with Crippen LogP contribution in [0.15, 0.2) is 79.1 Å². The first-order valence-electron chi connectivity index (χ1n) is 25.3. The molecule has 3 aromatic carbocycles. The number of likely N-dealkylation sites (tertiary alicyclic amines) is 4. The molecule has 0 bridgehead atoms. The number of benzene rings is 3. The van der Waals surface area contributed by atoms with Crippen LogP contribution in [0.4, 0.5) is 10.6 Å². The Balaban J connectivity index is 0.625. The summed E-state index contributed by atoms with van der Waals surface area (Å²) in [6.45, 7) is 8.01. The number of rotatable bonds is 10. The van der Waals surface area contributed by atoms with Crippen molar-refractivity contribution in [3.8, 4) is 22.8 Å². The number of hydrogen-bond donors (Lipinski definition) is 2. The Bertz CT molecular complexity index is 2780. The van der Waals surface area contributed by atoms with Crippen molar-refractivity contribution in [2.45, 2.75) is 94.7 Å². The van der Waals surface area contributed by atoms with E-state index in [-0.39, 0.29) is 36.7 Å². The predicted octanol–water partition coefficient (Wildman–Crippen LogP) is 6.47. The first kappa shape index (κ1) is 45.7. The molecule has 6 amide bonds. The third-order valence-corrected chi connectivity index (χ3v) is 15.9. The van der Waals surface area contributed by atoms with Gasteiger partial charge >= 0.3 is 6.03 Å². The van der Waals surface area contributed by atoms with E-state index >= 15 is 0 Å². The number of carbonyl (C=O) groups excluding carboxylic acids is 5. The summed E-state index contributed by atoms with van der Waals surface area (Å²) >= 11 is 0. The largest absolute Gasteiger partial charge is 0.457 e.